The summed E-state index contributed by atoms with van der Waals surface area (Å²) in [7, 11) is 0. The van der Waals surface area contributed by atoms with Crippen LogP contribution in [-0.4, -0.2) is 39.8 Å². The molecule has 1 unspecified atom stereocenters. The number of hydrogen-bond donors (Lipinski definition) is 1. The molecule has 0 saturated carbocycles. The molecule has 1 saturated heterocycles. The number of aliphatic hydroxyl groups is 1. The van der Waals surface area contributed by atoms with E-state index in [0.29, 0.717) is 12.5 Å². The van der Waals surface area contributed by atoms with Crippen LogP contribution < -0.4 is 0 Å². The molecule has 1 atom stereocenters. The summed E-state index contributed by atoms with van der Waals surface area (Å²) in [5.74, 6) is 1.38. The summed E-state index contributed by atoms with van der Waals surface area (Å²) in [4.78, 5) is 6.28. The van der Waals surface area contributed by atoms with Crippen molar-refractivity contribution in [3.05, 3.63) is 12.2 Å². The monoisotopic (exact) mass is 197 g/mol. The van der Waals surface area contributed by atoms with Gasteiger partial charge < -0.3 is 9.63 Å². The molecular formula is C9H15N3O2. The molecule has 0 aromatic carbocycles. The Balaban J connectivity index is 1.79. The van der Waals surface area contributed by atoms with E-state index in [1.165, 1.54) is 12.8 Å². The third-order valence-electron chi connectivity index (χ3n) is 2.68. The van der Waals surface area contributed by atoms with E-state index in [1.807, 2.05) is 0 Å². The summed E-state index contributed by atoms with van der Waals surface area (Å²) >= 11 is 0. The Hall–Kier alpha value is -0.940. The van der Waals surface area contributed by atoms with Gasteiger partial charge in [-0.1, -0.05) is 5.16 Å². The molecule has 5 heteroatoms. The van der Waals surface area contributed by atoms with Crippen LogP contribution >= 0.6 is 0 Å². The second-order valence-electron chi connectivity index (χ2n) is 3.75. The Morgan fingerprint density at radius 1 is 1.64 bits per heavy atom. The maximum Gasteiger partial charge on any atom is 0.213 e. The van der Waals surface area contributed by atoms with E-state index in [2.05, 4.69) is 19.6 Å². The van der Waals surface area contributed by atoms with Gasteiger partial charge in [-0.15, -0.1) is 0 Å². The highest BCUT2D eigenvalue weighted by atomic mass is 16.5. The van der Waals surface area contributed by atoms with E-state index < -0.39 is 0 Å². The van der Waals surface area contributed by atoms with Crippen molar-refractivity contribution < 1.29 is 9.63 Å². The van der Waals surface area contributed by atoms with E-state index in [1.54, 1.807) is 0 Å². The van der Waals surface area contributed by atoms with E-state index >= 15 is 0 Å². The first kappa shape index (κ1) is 9.61. The van der Waals surface area contributed by atoms with Gasteiger partial charge in [0.25, 0.3) is 0 Å². The summed E-state index contributed by atoms with van der Waals surface area (Å²) in [6, 6.07) is 0. The van der Waals surface area contributed by atoms with Crippen LogP contribution in [0.5, 0.6) is 0 Å². The van der Waals surface area contributed by atoms with Crippen LogP contribution in [0, 0.1) is 5.92 Å². The van der Waals surface area contributed by atoms with Crippen molar-refractivity contribution in [3.8, 4) is 0 Å². The third kappa shape index (κ3) is 2.30. The van der Waals surface area contributed by atoms with Crippen LogP contribution in [0.2, 0.25) is 0 Å². The molecule has 0 spiro atoms. The van der Waals surface area contributed by atoms with E-state index in [4.69, 9.17) is 5.11 Å². The fourth-order valence-electron chi connectivity index (χ4n) is 1.94. The quantitative estimate of drug-likeness (QED) is 0.750. The number of likely N-dealkylation sites (tertiary alicyclic amines) is 1. The van der Waals surface area contributed by atoms with Crippen LogP contribution in [0.4, 0.5) is 0 Å². The predicted molar refractivity (Wildman–Crippen MR) is 49.4 cm³/mol. The van der Waals surface area contributed by atoms with Crippen LogP contribution in [-0.2, 0) is 6.54 Å². The van der Waals surface area contributed by atoms with E-state index in [9.17, 15) is 0 Å². The van der Waals surface area contributed by atoms with Crippen molar-refractivity contribution in [2.24, 2.45) is 5.92 Å². The Kier molecular flexibility index (Phi) is 3.10. The standard InChI is InChI=1S/C9H15N3O2/c13-4-2-8-1-3-12(5-8)6-9-10-7-14-11-9/h7-8,13H,1-6H2. The molecule has 2 rings (SSSR count). The topological polar surface area (TPSA) is 62.4 Å². The number of aromatic nitrogens is 2. The molecule has 0 bridgehead atoms. The molecule has 14 heavy (non-hydrogen) atoms. The average Bonchev–Trinajstić information content (AvgIpc) is 2.79. The summed E-state index contributed by atoms with van der Waals surface area (Å²) in [6.07, 6.45) is 3.43. The maximum atomic E-state index is 8.81. The van der Waals surface area contributed by atoms with Crippen LogP contribution in [0.15, 0.2) is 10.9 Å². The first-order chi connectivity index (χ1) is 6.88. The molecule has 1 aliphatic rings. The highest BCUT2D eigenvalue weighted by Gasteiger charge is 2.22. The molecule has 0 amide bonds. The minimum absolute atomic E-state index is 0.292. The number of rotatable bonds is 4. The highest BCUT2D eigenvalue weighted by Crippen LogP contribution is 2.19. The predicted octanol–water partition coefficient (Wildman–Crippen LogP) is 0.274. The number of nitrogens with zero attached hydrogens (tertiary/aromatic N) is 3. The highest BCUT2D eigenvalue weighted by molar-refractivity contribution is 4.82. The van der Waals surface area contributed by atoms with E-state index in [-0.39, 0.29) is 0 Å². The van der Waals surface area contributed by atoms with Crippen LogP contribution in [0.3, 0.4) is 0 Å². The van der Waals surface area contributed by atoms with Crippen LogP contribution in [0.1, 0.15) is 18.7 Å². The molecule has 1 N–H and O–H groups in total. The number of aliphatic hydroxyl groups excluding tert-OH is 1. The zero-order valence-corrected chi connectivity index (χ0v) is 8.09. The summed E-state index contributed by atoms with van der Waals surface area (Å²) in [5, 5.41) is 12.6. The normalized spacial score (nSPS) is 23.1. The molecule has 0 aliphatic carbocycles. The molecule has 1 fully saturated rings. The summed E-state index contributed by atoms with van der Waals surface area (Å²) in [6.45, 7) is 3.16. The smallest absolute Gasteiger partial charge is 0.213 e. The maximum absolute atomic E-state index is 8.81. The first-order valence-corrected chi connectivity index (χ1v) is 4.97. The zero-order chi connectivity index (χ0) is 9.80. The lowest BCUT2D eigenvalue weighted by Gasteiger charge is -2.12. The Labute approximate surface area is 82.7 Å². The van der Waals surface area contributed by atoms with Gasteiger partial charge in [0, 0.05) is 13.2 Å². The molecule has 2 heterocycles. The average molecular weight is 197 g/mol. The first-order valence-electron chi connectivity index (χ1n) is 4.97. The van der Waals surface area contributed by atoms with Gasteiger partial charge in [0.05, 0.1) is 6.54 Å². The van der Waals surface area contributed by atoms with Gasteiger partial charge in [0.1, 0.15) is 0 Å². The van der Waals surface area contributed by atoms with Gasteiger partial charge in [0.15, 0.2) is 5.82 Å². The lowest BCUT2D eigenvalue weighted by molar-refractivity contribution is 0.247. The molecule has 5 nitrogen and oxygen atoms in total. The SMILES string of the molecule is OCCC1CCN(Cc2ncon2)C1. The summed E-state index contributed by atoms with van der Waals surface area (Å²) < 4.78 is 4.67. The van der Waals surface area contributed by atoms with Gasteiger partial charge in [-0.25, -0.2) is 0 Å². The summed E-state index contributed by atoms with van der Waals surface area (Å²) in [5.41, 5.74) is 0. The molecule has 1 aromatic heterocycles. The van der Waals surface area contributed by atoms with Crippen molar-refractivity contribution in [1.82, 2.24) is 15.0 Å². The van der Waals surface area contributed by atoms with Gasteiger partial charge in [-0.2, -0.15) is 4.98 Å². The fourth-order valence-corrected chi connectivity index (χ4v) is 1.94. The van der Waals surface area contributed by atoms with Crippen molar-refractivity contribution >= 4 is 0 Å². The molecule has 78 valence electrons. The van der Waals surface area contributed by atoms with Gasteiger partial charge in [-0.3, -0.25) is 4.90 Å². The lowest BCUT2D eigenvalue weighted by Crippen LogP contribution is -2.21. The van der Waals surface area contributed by atoms with Crippen molar-refractivity contribution in [2.45, 2.75) is 19.4 Å². The molecule has 1 aromatic rings. The van der Waals surface area contributed by atoms with Gasteiger partial charge in [0.2, 0.25) is 6.39 Å². The van der Waals surface area contributed by atoms with Crippen molar-refractivity contribution in [1.29, 1.82) is 0 Å². The fraction of sp³-hybridized carbons (Fsp3) is 0.778. The van der Waals surface area contributed by atoms with Gasteiger partial charge >= 0.3 is 0 Å². The van der Waals surface area contributed by atoms with Crippen LogP contribution in [0.25, 0.3) is 0 Å². The van der Waals surface area contributed by atoms with E-state index in [0.717, 1.165) is 31.9 Å². The second-order valence-corrected chi connectivity index (χ2v) is 3.75. The number of hydrogen-bond acceptors (Lipinski definition) is 5. The third-order valence-corrected chi connectivity index (χ3v) is 2.68. The van der Waals surface area contributed by atoms with Crippen molar-refractivity contribution in [3.63, 3.8) is 0 Å². The Bertz CT molecular complexity index is 263. The molecule has 1 aliphatic heterocycles. The molecule has 0 radical (unpaired) electrons. The Morgan fingerprint density at radius 2 is 2.57 bits per heavy atom. The molecular weight excluding hydrogens is 182 g/mol. The minimum atomic E-state index is 0.292. The second kappa shape index (κ2) is 4.52. The van der Waals surface area contributed by atoms with Gasteiger partial charge in [-0.05, 0) is 25.3 Å². The zero-order valence-electron chi connectivity index (χ0n) is 8.09. The lowest BCUT2D eigenvalue weighted by atomic mass is 10.1. The van der Waals surface area contributed by atoms with Crippen molar-refractivity contribution in [2.75, 3.05) is 19.7 Å². The largest absolute Gasteiger partial charge is 0.396 e. The minimum Gasteiger partial charge on any atom is -0.396 e. The Morgan fingerprint density at radius 3 is 3.29 bits per heavy atom.